The van der Waals surface area contributed by atoms with Crippen LogP contribution in [-0.2, 0) is 4.79 Å². The van der Waals surface area contributed by atoms with E-state index in [1.54, 1.807) is 19.0 Å². The number of carbonyl (C=O) groups is 3. The van der Waals surface area contributed by atoms with Crippen LogP contribution in [0.25, 0.3) is 10.2 Å². The molecular formula is C21H29N7O3S. The second-order valence-corrected chi connectivity index (χ2v) is 8.92. The summed E-state index contributed by atoms with van der Waals surface area (Å²) in [5.41, 5.74) is 11.5. The van der Waals surface area contributed by atoms with E-state index >= 15 is 0 Å². The van der Waals surface area contributed by atoms with Crippen LogP contribution in [0.2, 0.25) is 0 Å². The summed E-state index contributed by atoms with van der Waals surface area (Å²) in [5, 5.41) is 3.21. The Morgan fingerprint density at radius 1 is 1.31 bits per heavy atom. The van der Waals surface area contributed by atoms with E-state index < -0.39 is 12.1 Å². The first-order chi connectivity index (χ1) is 15.3. The number of aromatic nitrogens is 1. The highest BCUT2D eigenvalue weighted by Gasteiger charge is 2.36. The Morgan fingerprint density at radius 2 is 2.06 bits per heavy atom. The molecule has 172 valence electrons. The lowest BCUT2D eigenvalue weighted by Crippen LogP contribution is -2.52. The van der Waals surface area contributed by atoms with Crippen LogP contribution < -0.4 is 16.8 Å². The number of para-hydroxylation sites is 1. The molecule has 1 aromatic carbocycles. The molecule has 0 bridgehead atoms. The fraction of sp³-hybridized carbons (Fsp3) is 0.476. The van der Waals surface area contributed by atoms with E-state index in [1.807, 2.05) is 24.3 Å². The molecule has 1 saturated heterocycles. The van der Waals surface area contributed by atoms with E-state index in [9.17, 15) is 14.4 Å². The number of nitrogens with two attached hydrogens (primary N) is 2. The van der Waals surface area contributed by atoms with Crippen molar-refractivity contribution in [3.8, 4) is 0 Å². The van der Waals surface area contributed by atoms with Gasteiger partial charge in [0.15, 0.2) is 11.0 Å². The van der Waals surface area contributed by atoms with E-state index in [4.69, 9.17) is 11.5 Å². The van der Waals surface area contributed by atoms with Gasteiger partial charge in [-0.05, 0) is 37.8 Å². The number of fused-ring (bicyclic) bond motifs is 1. The van der Waals surface area contributed by atoms with Crippen LogP contribution in [0.3, 0.4) is 0 Å². The molecule has 0 spiro atoms. The summed E-state index contributed by atoms with van der Waals surface area (Å²) in [6.07, 6.45) is 2.15. The number of nitrogens with zero attached hydrogens (tertiary/aromatic N) is 4. The van der Waals surface area contributed by atoms with Gasteiger partial charge in [0.05, 0.1) is 16.3 Å². The van der Waals surface area contributed by atoms with Crippen molar-refractivity contribution < 1.29 is 14.4 Å². The van der Waals surface area contributed by atoms with Crippen LogP contribution in [0, 0.1) is 0 Å². The molecule has 1 fully saturated rings. The normalized spacial score (nSPS) is 16.6. The summed E-state index contributed by atoms with van der Waals surface area (Å²) in [5.74, 6) is -0.612. The largest absolute Gasteiger partial charge is 0.370 e. The Labute approximate surface area is 190 Å². The molecule has 11 heteroatoms. The Morgan fingerprint density at radius 3 is 2.75 bits per heavy atom. The molecule has 0 aliphatic carbocycles. The van der Waals surface area contributed by atoms with Crippen molar-refractivity contribution in [2.45, 2.75) is 37.8 Å². The highest BCUT2D eigenvalue weighted by atomic mass is 32.1. The number of ketones is 1. The minimum absolute atomic E-state index is 0.0214. The number of nitrogens with one attached hydrogen (secondary N) is 1. The molecule has 0 saturated carbocycles. The van der Waals surface area contributed by atoms with Gasteiger partial charge in [0, 0.05) is 27.2 Å². The van der Waals surface area contributed by atoms with Gasteiger partial charge >= 0.3 is 6.03 Å². The zero-order chi connectivity index (χ0) is 23.3. The highest BCUT2D eigenvalue weighted by molar-refractivity contribution is 7.20. The molecule has 3 amide bonds. The van der Waals surface area contributed by atoms with E-state index in [-0.39, 0.29) is 23.7 Å². The number of carbonyl (C=O) groups excluding carboxylic acids is 3. The topological polar surface area (TPSA) is 147 Å². The number of hydrogen-bond donors (Lipinski definition) is 3. The van der Waals surface area contributed by atoms with Crippen LogP contribution in [0.4, 0.5) is 4.79 Å². The van der Waals surface area contributed by atoms with E-state index in [0.29, 0.717) is 37.4 Å². The second kappa shape index (κ2) is 10.4. The lowest BCUT2D eigenvalue weighted by molar-refractivity contribution is -0.125. The number of urea groups is 1. The van der Waals surface area contributed by atoms with Crippen LogP contribution in [-0.4, -0.2) is 77.7 Å². The van der Waals surface area contributed by atoms with Gasteiger partial charge in [-0.1, -0.05) is 12.1 Å². The first-order valence-electron chi connectivity index (χ1n) is 10.5. The Bertz CT molecular complexity index is 983. The summed E-state index contributed by atoms with van der Waals surface area (Å²) >= 11 is 1.30. The van der Waals surface area contributed by atoms with Crippen LogP contribution in [0.1, 0.15) is 35.5 Å². The summed E-state index contributed by atoms with van der Waals surface area (Å²) in [6.45, 7) is 0.854. The molecule has 32 heavy (non-hydrogen) atoms. The minimum Gasteiger partial charge on any atom is -0.370 e. The third-order valence-electron chi connectivity index (χ3n) is 5.27. The fourth-order valence-electron chi connectivity index (χ4n) is 3.69. The molecule has 1 unspecified atom stereocenters. The van der Waals surface area contributed by atoms with Gasteiger partial charge in [-0.25, -0.2) is 9.78 Å². The summed E-state index contributed by atoms with van der Waals surface area (Å²) in [6, 6.07) is 5.89. The van der Waals surface area contributed by atoms with E-state index in [1.165, 1.54) is 16.2 Å². The zero-order valence-electron chi connectivity index (χ0n) is 18.3. The van der Waals surface area contributed by atoms with Crippen molar-refractivity contribution in [3.05, 3.63) is 29.3 Å². The molecule has 2 aromatic rings. The summed E-state index contributed by atoms with van der Waals surface area (Å²) < 4.78 is 0.903. The summed E-state index contributed by atoms with van der Waals surface area (Å²) in [4.78, 5) is 50.2. The van der Waals surface area contributed by atoms with Crippen molar-refractivity contribution in [2.75, 3.05) is 27.2 Å². The van der Waals surface area contributed by atoms with Gasteiger partial charge < -0.3 is 26.6 Å². The van der Waals surface area contributed by atoms with E-state index in [2.05, 4.69) is 15.3 Å². The lowest BCUT2D eigenvalue weighted by atomic mass is 10.1. The monoisotopic (exact) mass is 459 g/mol. The van der Waals surface area contributed by atoms with Gasteiger partial charge in [-0.15, -0.1) is 11.3 Å². The van der Waals surface area contributed by atoms with Gasteiger partial charge in [0.1, 0.15) is 6.04 Å². The molecule has 2 atom stereocenters. The average molecular weight is 460 g/mol. The van der Waals surface area contributed by atoms with Crippen LogP contribution in [0.5, 0.6) is 0 Å². The molecule has 1 aromatic heterocycles. The van der Waals surface area contributed by atoms with Gasteiger partial charge in [0.2, 0.25) is 11.7 Å². The number of amides is 3. The molecule has 5 N–H and O–H groups in total. The Hall–Kier alpha value is -3.21. The number of aliphatic imine (C=N–C) groups is 1. The molecule has 10 nitrogen and oxygen atoms in total. The van der Waals surface area contributed by atoms with Crippen LogP contribution >= 0.6 is 11.3 Å². The number of Topliss-reactive ketones (excluding diaryl/α,β-unsaturated/α-hetero) is 1. The van der Waals surface area contributed by atoms with Crippen molar-refractivity contribution in [1.82, 2.24) is 20.1 Å². The first kappa shape index (κ1) is 23.5. The van der Waals surface area contributed by atoms with Gasteiger partial charge in [-0.3, -0.25) is 14.6 Å². The van der Waals surface area contributed by atoms with Crippen molar-refractivity contribution in [3.63, 3.8) is 0 Å². The maximum absolute atomic E-state index is 13.3. The molecule has 2 heterocycles. The maximum Gasteiger partial charge on any atom is 0.320 e. The van der Waals surface area contributed by atoms with Crippen molar-refractivity contribution >= 4 is 45.2 Å². The Balaban J connectivity index is 1.77. The number of guanidine groups is 1. The number of benzene rings is 1. The van der Waals surface area contributed by atoms with Crippen LogP contribution in [0.15, 0.2) is 29.3 Å². The minimum atomic E-state index is -0.783. The number of hydrogen-bond acceptors (Lipinski definition) is 6. The number of likely N-dealkylation sites (tertiary alicyclic amines) is 1. The summed E-state index contributed by atoms with van der Waals surface area (Å²) in [7, 11) is 3.30. The predicted molar refractivity (Wildman–Crippen MR) is 125 cm³/mol. The Kier molecular flexibility index (Phi) is 7.62. The second-order valence-electron chi connectivity index (χ2n) is 7.89. The predicted octanol–water partition coefficient (Wildman–Crippen LogP) is 1.16. The third-order valence-corrected chi connectivity index (χ3v) is 6.32. The molecule has 3 rings (SSSR count). The van der Waals surface area contributed by atoms with Crippen molar-refractivity contribution in [2.24, 2.45) is 16.5 Å². The lowest BCUT2D eigenvalue weighted by Gasteiger charge is -2.28. The number of thiazole rings is 1. The zero-order valence-corrected chi connectivity index (χ0v) is 19.1. The third kappa shape index (κ3) is 5.52. The molecule has 1 aliphatic heterocycles. The fourth-order valence-corrected chi connectivity index (χ4v) is 4.65. The quantitative estimate of drug-likeness (QED) is 0.234. The standard InChI is InChI=1S/C21H29N7O3S/c1-27(2)21(31)28-12-6-9-15(28)18(30)25-14(8-5-11-24-20(22)23)17(29)19-26-13-7-3-4-10-16(13)32-19/h3-4,7,10,14-15H,5-6,8-9,11-12H2,1-2H3,(H,25,30)(H4,22,23,24)/t14?,15-/m0/s1. The highest BCUT2D eigenvalue weighted by Crippen LogP contribution is 2.24. The van der Waals surface area contributed by atoms with Gasteiger partial charge in [-0.2, -0.15) is 0 Å². The van der Waals surface area contributed by atoms with Gasteiger partial charge in [0.25, 0.3) is 0 Å². The molecule has 0 radical (unpaired) electrons. The average Bonchev–Trinajstić information content (AvgIpc) is 3.41. The molecular weight excluding hydrogens is 430 g/mol. The SMILES string of the molecule is CN(C)C(=O)N1CCC[C@H]1C(=O)NC(CCCN=C(N)N)C(=O)c1nc2ccccc2s1. The first-order valence-corrected chi connectivity index (χ1v) is 11.3. The molecule has 1 aliphatic rings. The maximum atomic E-state index is 13.3. The smallest absolute Gasteiger partial charge is 0.320 e. The van der Waals surface area contributed by atoms with E-state index in [0.717, 1.165) is 16.6 Å². The number of rotatable bonds is 8. The van der Waals surface area contributed by atoms with Crippen molar-refractivity contribution in [1.29, 1.82) is 0 Å².